The lowest BCUT2D eigenvalue weighted by atomic mass is 9.86. The Morgan fingerprint density at radius 3 is 2.47 bits per heavy atom. The van der Waals surface area contributed by atoms with Crippen molar-refractivity contribution < 1.29 is 22.7 Å². The predicted octanol–water partition coefficient (Wildman–Crippen LogP) is 2.51. The summed E-state index contributed by atoms with van der Waals surface area (Å²) in [5.74, 6) is 3.38. The third-order valence-corrected chi connectivity index (χ3v) is 9.16. The molecular weight excluding hydrogens is 404 g/mol. The summed E-state index contributed by atoms with van der Waals surface area (Å²) < 4.78 is 39.0. The lowest BCUT2D eigenvalue weighted by Crippen LogP contribution is -2.50. The number of piperazine rings is 1. The molecule has 2 aliphatic carbocycles. The molecule has 0 N–H and O–H groups in total. The minimum atomic E-state index is -3.63. The molecule has 7 nitrogen and oxygen atoms in total. The fraction of sp³-hybridized carbons (Fsp3) is 0.682. The van der Waals surface area contributed by atoms with Crippen LogP contribution in [0.1, 0.15) is 38.5 Å². The molecule has 3 atom stereocenters. The van der Waals surface area contributed by atoms with Gasteiger partial charge in [0, 0.05) is 45.1 Å². The van der Waals surface area contributed by atoms with Gasteiger partial charge >= 0.3 is 0 Å². The van der Waals surface area contributed by atoms with Gasteiger partial charge < -0.3 is 14.4 Å². The minimum Gasteiger partial charge on any atom is -0.490 e. The molecule has 30 heavy (non-hydrogen) atoms. The van der Waals surface area contributed by atoms with E-state index in [1.54, 1.807) is 18.2 Å². The van der Waals surface area contributed by atoms with E-state index in [0.717, 1.165) is 18.3 Å². The molecule has 2 aliphatic heterocycles. The van der Waals surface area contributed by atoms with E-state index in [2.05, 4.69) is 0 Å². The van der Waals surface area contributed by atoms with Crippen molar-refractivity contribution in [1.82, 2.24) is 9.21 Å². The number of amides is 1. The average molecular weight is 435 g/mol. The molecule has 4 aliphatic rings. The highest BCUT2D eigenvalue weighted by molar-refractivity contribution is 7.89. The molecule has 5 rings (SSSR count). The van der Waals surface area contributed by atoms with Gasteiger partial charge in [0.1, 0.15) is 0 Å². The first-order chi connectivity index (χ1) is 14.5. The van der Waals surface area contributed by atoms with Gasteiger partial charge in [-0.15, -0.1) is 0 Å². The van der Waals surface area contributed by atoms with Crippen LogP contribution in [0.3, 0.4) is 0 Å². The maximum absolute atomic E-state index is 13.1. The summed E-state index contributed by atoms with van der Waals surface area (Å²) in [4.78, 5) is 14.8. The number of fused-ring (bicyclic) bond motifs is 3. The molecule has 3 fully saturated rings. The van der Waals surface area contributed by atoms with Gasteiger partial charge in [-0.05, 0) is 49.1 Å². The minimum absolute atomic E-state index is 0.195. The number of carbonyl (C=O) groups excluding carboxylic acids is 1. The van der Waals surface area contributed by atoms with Gasteiger partial charge in [-0.3, -0.25) is 4.79 Å². The first-order valence-electron chi connectivity index (χ1n) is 11.2. The zero-order valence-electron chi connectivity index (χ0n) is 17.3. The Hall–Kier alpha value is -1.80. The Bertz CT molecular complexity index is 910. The van der Waals surface area contributed by atoms with Crippen molar-refractivity contribution in [3.05, 3.63) is 18.2 Å². The highest BCUT2D eigenvalue weighted by Gasteiger charge is 2.41. The third-order valence-electron chi connectivity index (χ3n) is 7.27. The van der Waals surface area contributed by atoms with Gasteiger partial charge in [-0.1, -0.05) is 6.42 Å². The molecule has 1 saturated heterocycles. The summed E-state index contributed by atoms with van der Waals surface area (Å²) in [6.45, 7) is 2.67. The Balaban J connectivity index is 1.20. The Labute approximate surface area is 178 Å². The van der Waals surface area contributed by atoms with E-state index in [1.165, 1.54) is 30.0 Å². The molecule has 0 aromatic heterocycles. The van der Waals surface area contributed by atoms with E-state index in [0.29, 0.717) is 63.2 Å². The smallest absolute Gasteiger partial charge is 0.243 e. The van der Waals surface area contributed by atoms with E-state index in [9.17, 15) is 13.2 Å². The largest absolute Gasteiger partial charge is 0.490 e. The molecule has 1 aromatic rings. The number of nitrogens with zero attached hydrogens (tertiary/aromatic N) is 2. The van der Waals surface area contributed by atoms with E-state index in [4.69, 9.17) is 9.47 Å². The quantitative estimate of drug-likeness (QED) is 0.728. The van der Waals surface area contributed by atoms with E-state index in [1.807, 2.05) is 4.90 Å². The van der Waals surface area contributed by atoms with Gasteiger partial charge in [0.2, 0.25) is 15.9 Å². The monoisotopic (exact) mass is 434 g/mol. The number of rotatable bonds is 4. The fourth-order valence-electron chi connectivity index (χ4n) is 5.61. The number of carbonyl (C=O) groups is 1. The summed E-state index contributed by atoms with van der Waals surface area (Å²) in [5, 5.41) is 0. The van der Waals surface area contributed by atoms with Crippen LogP contribution in [0, 0.1) is 17.8 Å². The SMILES string of the molecule is O=C(CC1CC2CCC1C2)N1CCN(S(=O)(=O)c2ccc3c(c2)OCCCO3)CC1. The van der Waals surface area contributed by atoms with Crippen LogP contribution in [0.15, 0.2) is 23.1 Å². The first-order valence-corrected chi connectivity index (χ1v) is 12.6. The molecular formula is C22H30N2O5S. The molecule has 164 valence electrons. The molecule has 1 amide bonds. The van der Waals surface area contributed by atoms with Crippen LogP contribution in [0.4, 0.5) is 0 Å². The molecule has 3 unspecified atom stereocenters. The van der Waals surface area contributed by atoms with Crippen molar-refractivity contribution in [2.45, 2.75) is 43.4 Å². The summed E-state index contributed by atoms with van der Waals surface area (Å²) in [6, 6.07) is 4.81. The van der Waals surface area contributed by atoms with Crippen LogP contribution >= 0.6 is 0 Å². The lowest BCUT2D eigenvalue weighted by molar-refractivity contribution is -0.133. The molecule has 0 radical (unpaired) electrons. The number of benzene rings is 1. The van der Waals surface area contributed by atoms with Gasteiger partial charge in [-0.2, -0.15) is 4.31 Å². The van der Waals surface area contributed by atoms with Crippen LogP contribution in [-0.2, 0) is 14.8 Å². The summed E-state index contributed by atoms with van der Waals surface area (Å²) in [5.41, 5.74) is 0. The number of hydrogen-bond donors (Lipinski definition) is 0. The van der Waals surface area contributed by atoms with Crippen LogP contribution in [-0.4, -0.2) is 62.9 Å². The van der Waals surface area contributed by atoms with Crippen molar-refractivity contribution in [1.29, 1.82) is 0 Å². The number of ether oxygens (including phenoxy) is 2. The van der Waals surface area contributed by atoms with E-state index < -0.39 is 10.0 Å². The molecule has 1 aromatic carbocycles. The zero-order chi connectivity index (χ0) is 20.7. The zero-order valence-corrected chi connectivity index (χ0v) is 18.1. The fourth-order valence-corrected chi connectivity index (χ4v) is 7.05. The van der Waals surface area contributed by atoms with Gasteiger partial charge in [0.05, 0.1) is 18.1 Å². The van der Waals surface area contributed by atoms with Crippen LogP contribution < -0.4 is 9.47 Å². The Morgan fingerprint density at radius 1 is 1.00 bits per heavy atom. The van der Waals surface area contributed by atoms with Crippen molar-refractivity contribution in [3.8, 4) is 11.5 Å². The first kappa shape index (κ1) is 20.1. The van der Waals surface area contributed by atoms with E-state index in [-0.39, 0.29) is 10.8 Å². The molecule has 2 heterocycles. The molecule has 2 saturated carbocycles. The second-order valence-corrected chi connectivity index (χ2v) is 11.0. The summed E-state index contributed by atoms with van der Waals surface area (Å²) in [7, 11) is -3.63. The molecule has 2 bridgehead atoms. The lowest BCUT2D eigenvalue weighted by Gasteiger charge is -2.35. The Morgan fingerprint density at radius 2 is 1.77 bits per heavy atom. The van der Waals surface area contributed by atoms with Crippen molar-refractivity contribution in [2.24, 2.45) is 17.8 Å². The normalized spacial score (nSPS) is 29.1. The van der Waals surface area contributed by atoms with Crippen molar-refractivity contribution in [3.63, 3.8) is 0 Å². The number of hydrogen-bond acceptors (Lipinski definition) is 5. The molecule has 8 heteroatoms. The second-order valence-electron chi connectivity index (χ2n) is 9.08. The van der Waals surface area contributed by atoms with Crippen molar-refractivity contribution >= 4 is 15.9 Å². The third kappa shape index (κ3) is 3.80. The summed E-state index contributed by atoms with van der Waals surface area (Å²) in [6.07, 6.45) is 6.54. The topological polar surface area (TPSA) is 76.2 Å². The van der Waals surface area contributed by atoms with Gasteiger partial charge in [0.25, 0.3) is 0 Å². The standard InChI is InChI=1S/C22H30N2O5S/c25-22(14-18-13-16-2-3-17(18)12-16)23-6-8-24(9-7-23)30(26,27)19-4-5-20-21(15-19)29-11-1-10-28-20/h4-5,15-18H,1-3,6-14H2. The average Bonchev–Trinajstić information content (AvgIpc) is 3.29. The number of sulfonamides is 1. The highest BCUT2D eigenvalue weighted by Crippen LogP contribution is 2.49. The Kier molecular flexibility index (Phi) is 5.39. The molecule has 0 spiro atoms. The van der Waals surface area contributed by atoms with Crippen molar-refractivity contribution in [2.75, 3.05) is 39.4 Å². The predicted molar refractivity (Wildman–Crippen MR) is 111 cm³/mol. The maximum Gasteiger partial charge on any atom is 0.243 e. The van der Waals surface area contributed by atoms with Crippen LogP contribution in [0.25, 0.3) is 0 Å². The highest BCUT2D eigenvalue weighted by atomic mass is 32.2. The van der Waals surface area contributed by atoms with E-state index >= 15 is 0 Å². The van der Waals surface area contributed by atoms with Crippen LogP contribution in [0.5, 0.6) is 11.5 Å². The van der Waals surface area contributed by atoms with Gasteiger partial charge in [0.15, 0.2) is 11.5 Å². The maximum atomic E-state index is 13.1. The second kappa shape index (κ2) is 8.04. The van der Waals surface area contributed by atoms with Gasteiger partial charge in [-0.25, -0.2) is 8.42 Å². The van der Waals surface area contributed by atoms with Crippen LogP contribution in [0.2, 0.25) is 0 Å². The summed E-state index contributed by atoms with van der Waals surface area (Å²) >= 11 is 0.